The van der Waals surface area contributed by atoms with Crippen LogP contribution in [0.4, 0.5) is 5.95 Å². The van der Waals surface area contributed by atoms with E-state index in [4.69, 9.17) is 5.73 Å². The molecule has 0 saturated carbocycles. The van der Waals surface area contributed by atoms with Gasteiger partial charge in [0.15, 0.2) is 5.16 Å². The molecule has 84 valence electrons. The van der Waals surface area contributed by atoms with Crippen LogP contribution in [-0.4, -0.2) is 21.2 Å². The lowest BCUT2D eigenvalue weighted by atomic mass is 10.1. The minimum atomic E-state index is 0.333. The van der Waals surface area contributed by atoms with Crippen molar-refractivity contribution >= 4 is 17.7 Å². The lowest BCUT2D eigenvalue weighted by Gasteiger charge is -2.02. The number of nitrogens with two attached hydrogens (primary N) is 1. The molecular weight excluding hydrogens is 208 g/mol. The van der Waals surface area contributed by atoms with Crippen LogP contribution in [0.1, 0.15) is 38.4 Å². The quantitative estimate of drug-likeness (QED) is 0.595. The number of hydrogen-bond donors (Lipinski definition) is 1. The largest absolute Gasteiger partial charge is 0.368 e. The summed E-state index contributed by atoms with van der Waals surface area (Å²) in [5, 5.41) is 0.716. The highest BCUT2D eigenvalue weighted by molar-refractivity contribution is 7.98. The van der Waals surface area contributed by atoms with E-state index >= 15 is 0 Å². The maximum Gasteiger partial charge on any atom is 0.224 e. The second-order valence-electron chi connectivity index (χ2n) is 3.41. The predicted molar refractivity (Wildman–Crippen MR) is 63.9 cm³/mol. The molecule has 0 amide bonds. The van der Waals surface area contributed by atoms with Gasteiger partial charge < -0.3 is 5.73 Å². The van der Waals surface area contributed by atoms with Gasteiger partial charge in [-0.2, -0.15) is 9.97 Å². The van der Waals surface area contributed by atoms with Gasteiger partial charge in [-0.1, -0.05) is 37.9 Å². The fourth-order valence-electron chi connectivity index (χ4n) is 1.33. The van der Waals surface area contributed by atoms with E-state index in [0.29, 0.717) is 11.1 Å². The molecule has 1 heterocycles. The summed E-state index contributed by atoms with van der Waals surface area (Å²) >= 11 is 1.50. The Kier molecular flexibility index (Phi) is 5.39. The number of anilines is 1. The molecule has 0 bridgehead atoms. The zero-order valence-electron chi connectivity index (χ0n) is 9.36. The molecule has 1 aromatic heterocycles. The van der Waals surface area contributed by atoms with E-state index in [1.54, 1.807) is 0 Å². The van der Waals surface area contributed by atoms with Crippen LogP contribution in [0, 0.1) is 0 Å². The van der Waals surface area contributed by atoms with Crippen LogP contribution < -0.4 is 5.73 Å². The van der Waals surface area contributed by atoms with Gasteiger partial charge in [0.25, 0.3) is 0 Å². The third-order valence-electron chi connectivity index (χ3n) is 2.12. The Hall–Kier alpha value is -0.840. The molecule has 15 heavy (non-hydrogen) atoms. The standard InChI is InChI=1S/C10H18N4S/c1-3-4-5-6-7-8-12-9(11)14-10(13-8)15-2/h3-7H2,1-2H3,(H2,11,12,13,14). The number of unbranched alkanes of at least 4 members (excludes halogenated alkanes) is 3. The van der Waals surface area contributed by atoms with Crippen LogP contribution in [0.25, 0.3) is 0 Å². The molecule has 4 nitrogen and oxygen atoms in total. The van der Waals surface area contributed by atoms with Crippen molar-refractivity contribution in [2.45, 2.75) is 44.2 Å². The second kappa shape index (κ2) is 6.61. The minimum Gasteiger partial charge on any atom is -0.368 e. The average molecular weight is 226 g/mol. The van der Waals surface area contributed by atoms with Crippen LogP contribution in [0.2, 0.25) is 0 Å². The molecule has 0 aromatic carbocycles. The summed E-state index contributed by atoms with van der Waals surface area (Å²) in [6, 6.07) is 0. The Balaban J connectivity index is 2.49. The molecule has 0 aliphatic heterocycles. The predicted octanol–water partition coefficient (Wildman–Crippen LogP) is 2.30. The summed E-state index contributed by atoms with van der Waals surface area (Å²) in [7, 11) is 0. The van der Waals surface area contributed by atoms with Crippen LogP contribution >= 0.6 is 11.8 Å². The summed E-state index contributed by atoms with van der Waals surface area (Å²) < 4.78 is 0. The molecule has 0 spiro atoms. The monoisotopic (exact) mass is 226 g/mol. The van der Waals surface area contributed by atoms with E-state index in [2.05, 4.69) is 21.9 Å². The Morgan fingerprint density at radius 2 is 1.93 bits per heavy atom. The van der Waals surface area contributed by atoms with Crippen LogP contribution in [0.15, 0.2) is 5.16 Å². The molecule has 0 unspecified atom stereocenters. The highest BCUT2D eigenvalue weighted by atomic mass is 32.2. The highest BCUT2D eigenvalue weighted by Gasteiger charge is 2.02. The fraction of sp³-hybridized carbons (Fsp3) is 0.700. The van der Waals surface area contributed by atoms with E-state index in [9.17, 15) is 0 Å². The van der Waals surface area contributed by atoms with Gasteiger partial charge in [-0.15, -0.1) is 0 Å². The van der Waals surface area contributed by atoms with Gasteiger partial charge in [0.05, 0.1) is 0 Å². The summed E-state index contributed by atoms with van der Waals surface area (Å²) in [5.74, 6) is 1.16. The number of nitrogen functional groups attached to an aromatic ring is 1. The Morgan fingerprint density at radius 1 is 1.13 bits per heavy atom. The van der Waals surface area contributed by atoms with E-state index < -0.39 is 0 Å². The molecule has 1 aromatic rings. The van der Waals surface area contributed by atoms with E-state index in [0.717, 1.165) is 18.7 Å². The average Bonchev–Trinajstić information content (AvgIpc) is 2.23. The molecule has 2 N–H and O–H groups in total. The topological polar surface area (TPSA) is 64.7 Å². The highest BCUT2D eigenvalue weighted by Crippen LogP contribution is 2.11. The van der Waals surface area contributed by atoms with Crippen LogP contribution in [-0.2, 0) is 6.42 Å². The molecule has 0 fully saturated rings. The lowest BCUT2D eigenvalue weighted by Crippen LogP contribution is -2.04. The molecule has 0 atom stereocenters. The SMILES string of the molecule is CCCCCCc1nc(N)nc(SC)n1. The Bertz CT molecular complexity index is 303. The molecule has 0 aliphatic carbocycles. The summed E-state index contributed by atoms with van der Waals surface area (Å²) in [5.41, 5.74) is 5.59. The first-order chi connectivity index (χ1) is 7.26. The van der Waals surface area contributed by atoms with Gasteiger partial charge in [0, 0.05) is 6.42 Å². The Labute approximate surface area is 95.1 Å². The summed E-state index contributed by atoms with van der Waals surface area (Å²) in [6.45, 7) is 2.20. The van der Waals surface area contributed by atoms with Crippen molar-refractivity contribution < 1.29 is 0 Å². The van der Waals surface area contributed by atoms with Gasteiger partial charge in [-0.25, -0.2) is 4.98 Å². The maximum atomic E-state index is 5.59. The first-order valence-corrected chi connectivity index (χ1v) is 6.53. The van der Waals surface area contributed by atoms with E-state index in [1.165, 1.54) is 31.0 Å². The molecule has 1 rings (SSSR count). The molecule has 0 radical (unpaired) electrons. The lowest BCUT2D eigenvalue weighted by molar-refractivity contribution is 0.644. The molecule has 0 saturated heterocycles. The van der Waals surface area contributed by atoms with Crippen LogP contribution in [0.5, 0.6) is 0 Å². The van der Waals surface area contributed by atoms with Gasteiger partial charge in [0.2, 0.25) is 5.95 Å². The molecular formula is C10H18N4S. The molecule has 0 aliphatic rings. The first-order valence-electron chi connectivity index (χ1n) is 5.30. The third-order valence-corrected chi connectivity index (χ3v) is 2.66. The van der Waals surface area contributed by atoms with Crippen molar-refractivity contribution in [3.8, 4) is 0 Å². The van der Waals surface area contributed by atoms with Gasteiger partial charge >= 0.3 is 0 Å². The van der Waals surface area contributed by atoms with Crippen molar-refractivity contribution in [2.75, 3.05) is 12.0 Å². The zero-order valence-corrected chi connectivity index (χ0v) is 10.2. The zero-order chi connectivity index (χ0) is 11.1. The van der Waals surface area contributed by atoms with Crippen molar-refractivity contribution in [1.29, 1.82) is 0 Å². The summed E-state index contributed by atoms with van der Waals surface area (Å²) in [6.07, 6.45) is 7.73. The summed E-state index contributed by atoms with van der Waals surface area (Å²) in [4.78, 5) is 12.4. The van der Waals surface area contributed by atoms with Crippen molar-refractivity contribution in [1.82, 2.24) is 15.0 Å². The van der Waals surface area contributed by atoms with Gasteiger partial charge in [-0.3, -0.25) is 0 Å². The van der Waals surface area contributed by atoms with Crippen molar-refractivity contribution in [3.63, 3.8) is 0 Å². The second-order valence-corrected chi connectivity index (χ2v) is 4.18. The maximum absolute atomic E-state index is 5.59. The number of nitrogens with zero attached hydrogens (tertiary/aromatic N) is 3. The minimum absolute atomic E-state index is 0.333. The third kappa shape index (κ3) is 4.46. The van der Waals surface area contributed by atoms with Crippen molar-refractivity contribution in [3.05, 3.63) is 5.82 Å². The molecule has 5 heteroatoms. The normalized spacial score (nSPS) is 10.5. The van der Waals surface area contributed by atoms with Crippen molar-refractivity contribution in [2.24, 2.45) is 0 Å². The number of hydrogen-bond acceptors (Lipinski definition) is 5. The Morgan fingerprint density at radius 3 is 2.60 bits per heavy atom. The first kappa shape index (κ1) is 12.2. The van der Waals surface area contributed by atoms with E-state index in [1.807, 2.05) is 6.26 Å². The van der Waals surface area contributed by atoms with Gasteiger partial charge in [0.1, 0.15) is 5.82 Å². The van der Waals surface area contributed by atoms with Gasteiger partial charge in [-0.05, 0) is 12.7 Å². The number of aryl methyl sites for hydroxylation is 1. The smallest absolute Gasteiger partial charge is 0.224 e. The van der Waals surface area contributed by atoms with Crippen LogP contribution in [0.3, 0.4) is 0 Å². The van der Waals surface area contributed by atoms with E-state index in [-0.39, 0.29) is 0 Å². The number of aromatic nitrogens is 3. The number of rotatable bonds is 6. The fourth-order valence-corrected chi connectivity index (χ4v) is 1.71. The number of thioether (sulfide) groups is 1.